The Labute approximate surface area is 199 Å². The summed E-state index contributed by atoms with van der Waals surface area (Å²) in [6.07, 6.45) is 5.79. The Morgan fingerprint density at radius 3 is 2.56 bits per heavy atom. The lowest BCUT2D eigenvalue weighted by molar-refractivity contribution is 0.0934. The molecule has 1 aliphatic heterocycles. The number of nitrogens with zero attached hydrogens (tertiary/aromatic N) is 3. The van der Waals surface area contributed by atoms with Crippen LogP contribution in [0.3, 0.4) is 0 Å². The molecule has 7 nitrogen and oxygen atoms in total. The average molecular weight is 457 g/mol. The number of hydrogen-bond acceptors (Lipinski definition) is 5. The van der Waals surface area contributed by atoms with Gasteiger partial charge in [0.1, 0.15) is 17.2 Å². The maximum atomic E-state index is 13.5. The van der Waals surface area contributed by atoms with E-state index < -0.39 is 0 Å². The van der Waals surface area contributed by atoms with Crippen LogP contribution in [0.15, 0.2) is 83.6 Å². The molecule has 2 aromatic heterocycles. The molecule has 7 heteroatoms. The molecule has 0 bridgehead atoms. The van der Waals surface area contributed by atoms with E-state index in [1.807, 2.05) is 66.7 Å². The minimum Gasteiger partial charge on any atom is -0.496 e. The zero-order chi connectivity index (χ0) is 23.3. The molecule has 5 rings (SSSR count). The summed E-state index contributed by atoms with van der Waals surface area (Å²) >= 11 is 0. The Hall–Kier alpha value is -3.84. The summed E-state index contributed by atoms with van der Waals surface area (Å²) < 4.78 is 13.0. The first-order valence-corrected chi connectivity index (χ1v) is 11.6. The van der Waals surface area contributed by atoms with Gasteiger partial charge in [-0.1, -0.05) is 30.3 Å². The van der Waals surface area contributed by atoms with Crippen LogP contribution in [0.5, 0.6) is 5.75 Å². The van der Waals surface area contributed by atoms with Crippen LogP contribution in [-0.4, -0.2) is 47.3 Å². The monoisotopic (exact) mass is 456 g/mol. The van der Waals surface area contributed by atoms with E-state index in [-0.39, 0.29) is 11.9 Å². The standard InChI is InChI=1S/C27H28N4O3/c1-33-24-13-6-5-12-21(24)26-22(19-31(29-26)20-10-3-2-4-11-20)27(32)28-18-23(25-14-9-17-34-25)30-15-7-8-16-30/h2-6,9-14,17,19,23H,7-8,15-16,18H2,1H3,(H,28,32)/t23-/m0/s1. The van der Waals surface area contributed by atoms with Gasteiger partial charge in [-0.15, -0.1) is 0 Å². The van der Waals surface area contributed by atoms with Crippen LogP contribution in [0.25, 0.3) is 16.9 Å². The molecule has 0 aliphatic carbocycles. The summed E-state index contributed by atoms with van der Waals surface area (Å²) in [5.41, 5.74) is 2.72. The highest BCUT2D eigenvalue weighted by Gasteiger charge is 2.27. The molecule has 0 unspecified atom stereocenters. The van der Waals surface area contributed by atoms with Gasteiger partial charge < -0.3 is 14.5 Å². The number of ether oxygens (including phenoxy) is 1. The summed E-state index contributed by atoms with van der Waals surface area (Å²) in [5, 5.41) is 7.92. The number of carbonyl (C=O) groups excluding carboxylic acids is 1. The number of amides is 1. The number of methoxy groups -OCH3 is 1. The normalized spacial score (nSPS) is 14.7. The van der Waals surface area contributed by atoms with E-state index in [4.69, 9.17) is 14.3 Å². The molecule has 0 saturated carbocycles. The molecule has 2 aromatic carbocycles. The molecule has 1 N–H and O–H groups in total. The molecule has 1 atom stereocenters. The van der Waals surface area contributed by atoms with Gasteiger partial charge in [-0.05, 0) is 62.3 Å². The van der Waals surface area contributed by atoms with Crippen LogP contribution in [0.1, 0.15) is 35.0 Å². The molecule has 174 valence electrons. The van der Waals surface area contributed by atoms with Crippen LogP contribution < -0.4 is 10.1 Å². The highest BCUT2D eigenvalue weighted by molar-refractivity contribution is 6.00. The minimum absolute atomic E-state index is 0.000305. The van der Waals surface area contributed by atoms with Crippen LogP contribution in [0.4, 0.5) is 0 Å². The minimum atomic E-state index is -0.182. The lowest BCUT2D eigenvalue weighted by Crippen LogP contribution is -2.36. The van der Waals surface area contributed by atoms with Crippen molar-refractivity contribution in [2.75, 3.05) is 26.7 Å². The van der Waals surface area contributed by atoms with Gasteiger partial charge in [-0.3, -0.25) is 9.69 Å². The van der Waals surface area contributed by atoms with Crippen molar-refractivity contribution in [2.45, 2.75) is 18.9 Å². The number of rotatable bonds is 8. The fourth-order valence-corrected chi connectivity index (χ4v) is 4.52. The largest absolute Gasteiger partial charge is 0.496 e. The van der Waals surface area contributed by atoms with Crippen molar-refractivity contribution >= 4 is 5.91 Å². The predicted molar refractivity (Wildman–Crippen MR) is 130 cm³/mol. The molecule has 0 spiro atoms. The Bertz CT molecular complexity index is 1230. The molecule has 34 heavy (non-hydrogen) atoms. The molecule has 1 aliphatic rings. The summed E-state index contributed by atoms with van der Waals surface area (Å²) in [7, 11) is 1.62. The number of furan rings is 1. The molecule has 4 aromatic rings. The number of likely N-dealkylation sites (tertiary alicyclic amines) is 1. The fraction of sp³-hybridized carbons (Fsp3) is 0.259. The zero-order valence-corrected chi connectivity index (χ0v) is 19.2. The number of aromatic nitrogens is 2. The third-order valence-electron chi connectivity index (χ3n) is 6.25. The van der Waals surface area contributed by atoms with Gasteiger partial charge in [0.25, 0.3) is 5.91 Å². The van der Waals surface area contributed by atoms with Crippen molar-refractivity contribution in [3.8, 4) is 22.7 Å². The van der Waals surface area contributed by atoms with Gasteiger partial charge in [0.2, 0.25) is 0 Å². The third-order valence-corrected chi connectivity index (χ3v) is 6.25. The van der Waals surface area contributed by atoms with Crippen LogP contribution in [-0.2, 0) is 0 Å². The van der Waals surface area contributed by atoms with Gasteiger partial charge in [0, 0.05) is 18.3 Å². The average Bonchev–Trinajstić information content (AvgIpc) is 3.67. The van der Waals surface area contributed by atoms with Gasteiger partial charge >= 0.3 is 0 Å². The summed E-state index contributed by atoms with van der Waals surface area (Å²) in [6, 6.07) is 21.3. The number of para-hydroxylation sites is 2. The van der Waals surface area contributed by atoms with Crippen molar-refractivity contribution in [1.29, 1.82) is 0 Å². The maximum Gasteiger partial charge on any atom is 0.255 e. The summed E-state index contributed by atoms with van der Waals surface area (Å²) in [4.78, 5) is 15.9. The van der Waals surface area contributed by atoms with Crippen LogP contribution >= 0.6 is 0 Å². The highest BCUT2D eigenvalue weighted by atomic mass is 16.5. The van der Waals surface area contributed by atoms with Crippen molar-refractivity contribution < 1.29 is 13.9 Å². The Morgan fingerprint density at radius 2 is 1.82 bits per heavy atom. The van der Waals surface area contributed by atoms with E-state index in [1.54, 1.807) is 24.3 Å². The number of benzene rings is 2. The first kappa shape index (κ1) is 22.0. The molecule has 1 saturated heterocycles. The molecule has 1 amide bonds. The smallest absolute Gasteiger partial charge is 0.255 e. The lowest BCUT2D eigenvalue weighted by atomic mass is 10.1. The fourth-order valence-electron chi connectivity index (χ4n) is 4.52. The van der Waals surface area contributed by atoms with Crippen molar-refractivity contribution in [3.63, 3.8) is 0 Å². The van der Waals surface area contributed by atoms with E-state index >= 15 is 0 Å². The SMILES string of the molecule is COc1ccccc1-c1nn(-c2ccccc2)cc1C(=O)NC[C@@H](c1ccco1)N1CCCC1. The second-order valence-electron chi connectivity index (χ2n) is 8.36. The molecule has 0 radical (unpaired) electrons. The number of hydrogen-bond donors (Lipinski definition) is 1. The first-order chi connectivity index (χ1) is 16.7. The highest BCUT2D eigenvalue weighted by Crippen LogP contribution is 2.32. The second kappa shape index (κ2) is 9.97. The lowest BCUT2D eigenvalue weighted by Gasteiger charge is -2.26. The Kier molecular flexibility index (Phi) is 6.44. The molecular formula is C27H28N4O3. The Morgan fingerprint density at radius 1 is 1.06 bits per heavy atom. The Balaban J connectivity index is 1.46. The number of carbonyl (C=O) groups is 1. The summed E-state index contributed by atoms with van der Waals surface area (Å²) in [6.45, 7) is 2.45. The van der Waals surface area contributed by atoms with Crippen molar-refractivity contribution in [2.24, 2.45) is 0 Å². The summed E-state index contributed by atoms with van der Waals surface area (Å²) in [5.74, 6) is 1.35. The predicted octanol–water partition coefficient (Wildman–Crippen LogP) is 4.71. The third kappa shape index (κ3) is 4.47. The first-order valence-electron chi connectivity index (χ1n) is 11.6. The van der Waals surface area contributed by atoms with Gasteiger partial charge in [0.15, 0.2) is 0 Å². The van der Waals surface area contributed by atoms with E-state index in [0.717, 1.165) is 42.9 Å². The maximum absolute atomic E-state index is 13.5. The molecule has 3 heterocycles. The second-order valence-corrected chi connectivity index (χ2v) is 8.36. The van der Waals surface area contributed by atoms with Crippen molar-refractivity contribution in [1.82, 2.24) is 20.0 Å². The van der Waals surface area contributed by atoms with Crippen molar-refractivity contribution in [3.05, 3.63) is 90.5 Å². The van der Waals surface area contributed by atoms with E-state index in [0.29, 0.717) is 23.6 Å². The number of nitrogens with one attached hydrogen (secondary N) is 1. The van der Waals surface area contributed by atoms with E-state index in [2.05, 4.69) is 10.2 Å². The topological polar surface area (TPSA) is 72.5 Å². The quantitative estimate of drug-likeness (QED) is 0.416. The molecule has 1 fully saturated rings. The molecular weight excluding hydrogens is 428 g/mol. The van der Waals surface area contributed by atoms with E-state index in [9.17, 15) is 4.79 Å². The van der Waals surface area contributed by atoms with Crippen LogP contribution in [0, 0.1) is 0 Å². The van der Waals surface area contributed by atoms with Crippen LogP contribution in [0.2, 0.25) is 0 Å². The zero-order valence-electron chi connectivity index (χ0n) is 19.2. The van der Waals surface area contributed by atoms with Gasteiger partial charge in [0.05, 0.1) is 30.7 Å². The van der Waals surface area contributed by atoms with Gasteiger partial charge in [-0.2, -0.15) is 5.10 Å². The van der Waals surface area contributed by atoms with Gasteiger partial charge in [-0.25, -0.2) is 4.68 Å². The van der Waals surface area contributed by atoms with E-state index in [1.165, 1.54) is 0 Å².